The maximum atomic E-state index is 12.1. The molecular formula is C16H22N2O3. The van der Waals surface area contributed by atoms with Crippen LogP contribution in [0.3, 0.4) is 0 Å². The summed E-state index contributed by atoms with van der Waals surface area (Å²) in [6, 6.07) is 7.73. The lowest BCUT2D eigenvalue weighted by Crippen LogP contribution is -2.45. The van der Waals surface area contributed by atoms with Crippen LogP contribution in [-0.2, 0) is 16.0 Å². The van der Waals surface area contributed by atoms with Crippen molar-refractivity contribution in [3.05, 3.63) is 29.8 Å². The third-order valence-corrected chi connectivity index (χ3v) is 3.85. The van der Waals surface area contributed by atoms with Gasteiger partial charge in [-0.2, -0.15) is 0 Å². The fourth-order valence-electron chi connectivity index (χ4n) is 2.53. The predicted octanol–water partition coefficient (Wildman–Crippen LogP) is 1.35. The lowest BCUT2D eigenvalue weighted by Gasteiger charge is -2.31. The van der Waals surface area contributed by atoms with Crippen molar-refractivity contribution in [3.63, 3.8) is 0 Å². The molecule has 1 aliphatic heterocycles. The smallest absolute Gasteiger partial charge is 0.260 e. The van der Waals surface area contributed by atoms with Crippen LogP contribution in [0.1, 0.15) is 25.3 Å². The summed E-state index contributed by atoms with van der Waals surface area (Å²) in [7, 11) is 0. The highest BCUT2D eigenvalue weighted by atomic mass is 16.5. The van der Waals surface area contributed by atoms with Gasteiger partial charge in [0.2, 0.25) is 5.91 Å². The van der Waals surface area contributed by atoms with Gasteiger partial charge in [-0.05, 0) is 37.0 Å². The maximum absolute atomic E-state index is 12.1. The summed E-state index contributed by atoms with van der Waals surface area (Å²) in [5, 5.41) is 0. The van der Waals surface area contributed by atoms with E-state index in [1.54, 1.807) is 4.90 Å². The number of hydrogen-bond acceptors (Lipinski definition) is 3. The minimum atomic E-state index is -0.330. The summed E-state index contributed by atoms with van der Waals surface area (Å²) in [5.74, 6) is 0.0456. The average molecular weight is 290 g/mol. The molecule has 0 spiro atoms. The fraction of sp³-hybridized carbons (Fsp3) is 0.500. The Hall–Kier alpha value is -2.04. The van der Waals surface area contributed by atoms with Gasteiger partial charge in [0, 0.05) is 13.1 Å². The Morgan fingerprint density at radius 2 is 2.24 bits per heavy atom. The van der Waals surface area contributed by atoms with Gasteiger partial charge in [-0.15, -0.1) is 0 Å². The number of hydrogen-bond donors (Lipinski definition) is 1. The van der Waals surface area contributed by atoms with Crippen molar-refractivity contribution in [1.82, 2.24) is 4.90 Å². The molecule has 0 radical (unpaired) electrons. The second-order valence-electron chi connectivity index (χ2n) is 5.37. The highest BCUT2D eigenvalue weighted by Gasteiger charge is 2.26. The van der Waals surface area contributed by atoms with Gasteiger partial charge in [0.15, 0.2) is 6.61 Å². The van der Waals surface area contributed by atoms with E-state index in [-0.39, 0.29) is 24.3 Å². The fourth-order valence-corrected chi connectivity index (χ4v) is 2.53. The van der Waals surface area contributed by atoms with Gasteiger partial charge < -0.3 is 15.4 Å². The number of nitrogens with zero attached hydrogens (tertiary/aromatic N) is 1. The first-order chi connectivity index (χ1) is 10.1. The van der Waals surface area contributed by atoms with Crippen molar-refractivity contribution in [2.75, 3.05) is 19.7 Å². The molecule has 1 aromatic carbocycles. The lowest BCUT2D eigenvalue weighted by atomic mass is 9.97. The zero-order chi connectivity index (χ0) is 15.2. The molecule has 2 rings (SSSR count). The van der Waals surface area contributed by atoms with Crippen LogP contribution in [0.2, 0.25) is 0 Å². The van der Waals surface area contributed by atoms with E-state index < -0.39 is 0 Å². The molecule has 2 N–H and O–H groups in total. The predicted molar refractivity (Wildman–Crippen MR) is 79.8 cm³/mol. The number of aryl methyl sites for hydroxylation is 1. The van der Waals surface area contributed by atoms with Crippen molar-refractivity contribution in [2.45, 2.75) is 26.2 Å². The number of likely N-dealkylation sites (tertiary alicyclic amines) is 1. The maximum Gasteiger partial charge on any atom is 0.260 e. The van der Waals surface area contributed by atoms with Crippen molar-refractivity contribution in [1.29, 1.82) is 0 Å². The van der Waals surface area contributed by atoms with E-state index in [0.717, 1.165) is 19.3 Å². The highest BCUT2D eigenvalue weighted by molar-refractivity contribution is 5.81. The molecule has 1 atom stereocenters. The molecule has 1 saturated heterocycles. The molecule has 1 heterocycles. The summed E-state index contributed by atoms with van der Waals surface area (Å²) >= 11 is 0. The number of amides is 2. The first-order valence-electron chi connectivity index (χ1n) is 7.39. The van der Waals surface area contributed by atoms with E-state index in [4.69, 9.17) is 10.5 Å². The minimum Gasteiger partial charge on any atom is -0.484 e. The van der Waals surface area contributed by atoms with Crippen LogP contribution in [0.5, 0.6) is 5.75 Å². The zero-order valence-electron chi connectivity index (χ0n) is 12.4. The van der Waals surface area contributed by atoms with Gasteiger partial charge in [0.05, 0.1) is 5.92 Å². The zero-order valence-corrected chi connectivity index (χ0v) is 12.4. The van der Waals surface area contributed by atoms with Crippen LogP contribution >= 0.6 is 0 Å². The summed E-state index contributed by atoms with van der Waals surface area (Å²) in [6.45, 7) is 3.15. The van der Waals surface area contributed by atoms with E-state index in [1.807, 2.05) is 24.3 Å². The van der Waals surface area contributed by atoms with Crippen molar-refractivity contribution in [3.8, 4) is 5.75 Å². The van der Waals surface area contributed by atoms with Gasteiger partial charge in [-0.25, -0.2) is 0 Å². The number of rotatable bonds is 5. The minimum absolute atomic E-state index is 0.00134. The second kappa shape index (κ2) is 7.11. The molecule has 0 saturated carbocycles. The Morgan fingerprint density at radius 3 is 2.95 bits per heavy atom. The molecular weight excluding hydrogens is 268 g/mol. The van der Waals surface area contributed by atoms with Crippen molar-refractivity contribution >= 4 is 11.8 Å². The Kier molecular flexibility index (Phi) is 5.20. The molecule has 21 heavy (non-hydrogen) atoms. The van der Waals surface area contributed by atoms with Gasteiger partial charge in [-0.1, -0.05) is 19.1 Å². The third-order valence-electron chi connectivity index (χ3n) is 3.85. The largest absolute Gasteiger partial charge is 0.484 e. The van der Waals surface area contributed by atoms with Gasteiger partial charge in [0.1, 0.15) is 5.75 Å². The monoisotopic (exact) mass is 290 g/mol. The number of carbonyl (C=O) groups is 2. The molecule has 0 aromatic heterocycles. The molecule has 1 aliphatic rings. The third kappa shape index (κ3) is 4.21. The normalized spacial score (nSPS) is 18.3. The van der Waals surface area contributed by atoms with Crippen LogP contribution in [0.4, 0.5) is 0 Å². The molecule has 0 bridgehead atoms. The standard InChI is InChI=1S/C16H22N2O3/c1-2-12-5-3-7-14(9-12)21-11-15(19)18-8-4-6-13(10-18)16(17)20/h3,5,7,9,13H,2,4,6,8,10-11H2,1H3,(H2,17,20). The second-order valence-corrected chi connectivity index (χ2v) is 5.37. The quantitative estimate of drug-likeness (QED) is 0.889. The lowest BCUT2D eigenvalue weighted by molar-refractivity contribution is -0.136. The van der Waals surface area contributed by atoms with E-state index in [2.05, 4.69) is 6.92 Å². The molecule has 5 nitrogen and oxygen atoms in total. The van der Waals surface area contributed by atoms with Crippen LogP contribution in [-0.4, -0.2) is 36.4 Å². The Bertz CT molecular complexity index is 516. The highest BCUT2D eigenvalue weighted by Crippen LogP contribution is 2.17. The van der Waals surface area contributed by atoms with Gasteiger partial charge in [-0.3, -0.25) is 9.59 Å². The van der Waals surface area contributed by atoms with E-state index in [1.165, 1.54) is 5.56 Å². The molecule has 5 heteroatoms. The molecule has 1 fully saturated rings. The number of nitrogens with two attached hydrogens (primary N) is 1. The number of benzene rings is 1. The molecule has 0 aliphatic carbocycles. The number of ether oxygens (including phenoxy) is 1. The Labute approximate surface area is 125 Å². The summed E-state index contributed by atoms with van der Waals surface area (Å²) in [6.07, 6.45) is 2.50. The Morgan fingerprint density at radius 1 is 1.43 bits per heavy atom. The van der Waals surface area contributed by atoms with Crippen LogP contribution in [0.15, 0.2) is 24.3 Å². The van der Waals surface area contributed by atoms with Crippen molar-refractivity contribution < 1.29 is 14.3 Å². The molecule has 2 amide bonds. The first-order valence-corrected chi connectivity index (χ1v) is 7.39. The molecule has 1 aromatic rings. The SMILES string of the molecule is CCc1cccc(OCC(=O)N2CCCC(C(N)=O)C2)c1. The van der Waals surface area contributed by atoms with Crippen LogP contribution < -0.4 is 10.5 Å². The molecule has 114 valence electrons. The van der Waals surface area contributed by atoms with Gasteiger partial charge >= 0.3 is 0 Å². The summed E-state index contributed by atoms with van der Waals surface area (Å²) in [4.78, 5) is 25.0. The van der Waals surface area contributed by atoms with E-state index in [0.29, 0.717) is 18.8 Å². The number of carbonyl (C=O) groups excluding carboxylic acids is 2. The number of piperidine rings is 1. The number of primary amides is 1. The summed E-state index contributed by atoms with van der Waals surface area (Å²) < 4.78 is 5.55. The van der Waals surface area contributed by atoms with E-state index in [9.17, 15) is 9.59 Å². The van der Waals surface area contributed by atoms with Crippen LogP contribution in [0, 0.1) is 5.92 Å². The summed E-state index contributed by atoms with van der Waals surface area (Å²) in [5.41, 5.74) is 6.49. The Balaban J connectivity index is 1.87. The topological polar surface area (TPSA) is 72.6 Å². The van der Waals surface area contributed by atoms with Crippen LogP contribution in [0.25, 0.3) is 0 Å². The average Bonchev–Trinajstić information content (AvgIpc) is 2.53. The van der Waals surface area contributed by atoms with Crippen molar-refractivity contribution in [2.24, 2.45) is 11.7 Å². The van der Waals surface area contributed by atoms with E-state index >= 15 is 0 Å². The first kappa shape index (κ1) is 15.4. The van der Waals surface area contributed by atoms with Gasteiger partial charge in [0.25, 0.3) is 5.91 Å². The molecule has 1 unspecified atom stereocenters.